The standard InChI is InChI=1S/C19H24N4O2/c24-18(14-23-13-5-1-2-8-19(23)25)21-12-11-20-17-10-9-15-6-3-4-7-16(15)22-17/h3-4,6-7,9-10H,1-2,5,8,11-14H2,(H,20,22)(H,21,24). The molecular weight excluding hydrogens is 316 g/mol. The second kappa shape index (κ2) is 8.46. The van der Waals surface area contributed by atoms with Crippen LogP contribution in [0.5, 0.6) is 0 Å². The van der Waals surface area contributed by atoms with Crippen LogP contribution in [0.3, 0.4) is 0 Å². The van der Waals surface area contributed by atoms with Gasteiger partial charge < -0.3 is 15.5 Å². The minimum absolute atomic E-state index is 0.0890. The largest absolute Gasteiger partial charge is 0.368 e. The maximum absolute atomic E-state index is 12.0. The molecule has 1 aliphatic rings. The van der Waals surface area contributed by atoms with Crippen molar-refractivity contribution in [2.45, 2.75) is 25.7 Å². The Hall–Kier alpha value is -2.63. The molecule has 1 saturated heterocycles. The smallest absolute Gasteiger partial charge is 0.239 e. The molecule has 0 bridgehead atoms. The predicted octanol–water partition coefficient (Wildman–Crippen LogP) is 2.17. The molecule has 0 spiro atoms. The van der Waals surface area contributed by atoms with Gasteiger partial charge in [-0.1, -0.05) is 24.6 Å². The number of fused-ring (bicyclic) bond motifs is 1. The third kappa shape index (κ3) is 4.92. The molecule has 2 heterocycles. The molecule has 25 heavy (non-hydrogen) atoms. The maximum atomic E-state index is 12.0. The van der Waals surface area contributed by atoms with E-state index in [4.69, 9.17) is 0 Å². The van der Waals surface area contributed by atoms with Crippen LogP contribution in [0, 0.1) is 0 Å². The number of hydrogen-bond acceptors (Lipinski definition) is 4. The van der Waals surface area contributed by atoms with Crippen molar-refractivity contribution < 1.29 is 9.59 Å². The Bertz CT molecular complexity index is 747. The molecule has 0 unspecified atom stereocenters. The number of carbonyl (C=O) groups excluding carboxylic acids is 2. The highest BCUT2D eigenvalue weighted by atomic mass is 16.2. The van der Waals surface area contributed by atoms with E-state index in [1.165, 1.54) is 0 Å². The minimum atomic E-state index is -0.108. The summed E-state index contributed by atoms with van der Waals surface area (Å²) in [5.74, 6) is 0.769. The van der Waals surface area contributed by atoms with Gasteiger partial charge in [0.25, 0.3) is 0 Å². The summed E-state index contributed by atoms with van der Waals surface area (Å²) in [5, 5.41) is 7.16. The molecular formula is C19H24N4O2. The number of rotatable bonds is 6. The molecule has 6 nitrogen and oxygen atoms in total. The van der Waals surface area contributed by atoms with Crippen molar-refractivity contribution in [2.75, 3.05) is 31.5 Å². The van der Waals surface area contributed by atoms with E-state index in [0.717, 1.165) is 36.0 Å². The van der Waals surface area contributed by atoms with Gasteiger partial charge >= 0.3 is 0 Å². The van der Waals surface area contributed by atoms with Gasteiger partial charge in [0, 0.05) is 31.4 Å². The molecule has 2 aromatic rings. The Balaban J connectivity index is 1.41. The van der Waals surface area contributed by atoms with E-state index in [1.54, 1.807) is 4.90 Å². The molecule has 2 amide bonds. The van der Waals surface area contributed by atoms with E-state index < -0.39 is 0 Å². The Kier molecular flexibility index (Phi) is 5.82. The second-order valence-corrected chi connectivity index (χ2v) is 6.29. The summed E-state index contributed by atoms with van der Waals surface area (Å²) in [6.45, 7) is 1.93. The van der Waals surface area contributed by atoms with Gasteiger partial charge in [0.15, 0.2) is 0 Å². The molecule has 1 aromatic carbocycles. The summed E-state index contributed by atoms with van der Waals surface area (Å²) in [7, 11) is 0. The van der Waals surface area contributed by atoms with Crippen LogP contribution < -0.4 is 10.6 Å². The van der Waals surface area contributed by atoms with Crippen LogP contribution >= 0.6 is 0 Å². The van der Waals surface area contributed by atoms with Gasteiger partial charge in [-0.15, -0.1) is 0 Å². The SMILES string of the molecule is O=C(CN1CCCCCC1=O)NCCNc1ccc2ccccc2n1. The number of anilines is 1. The zero-order valence-corrected chi connectivity index (χ0v) is 14.3. The van der Waals surface area contributed by atoms with Crippen LogP contribution in [0.4, 0.5) is 5.82 Å². The van der Waals surface area contributed by atoms with E-state index in [-0.39, 0.29) is 18.4 Å². The molecule has 1 fully saturated rings. The van der Waals surface area contributed by atoms with Crippen molar-refractivity contribution in [3.63, 3.8) is 0 Å². The number of aromatic nitrogens is 1. The van der Waals surface area contributed by atoms with Crippen molar-refractivity contribution in [3.8, 4) is 0 Å². The number of amides is 2. The third-order valence-electron chi connectivity index (χ3n) is 4.36. The summed E-state index contributed by atoms with van der Waals surface area (Å²) in [6.07, 6.45) is 3.53. The molecule has 3 rings (SSSR count). The lowest BCUT2D eigenvalue weighted by Crippen LogP contribution is -2.41. The highest BCUT2D eigenvalue weighted by Crippen LogP contribution is 2.14. The first-order valence-electron chi connectivity index (χ1n) is 8.86. The van der Waals surface area contributed by atoms with Gasteiger partial charge in [0.2, 0.25) is 11.8 Å². The lowest BCUT2D eigenvalue weighted by molar-refractivity contribution is -0.135. The monoisotopic (exact) mass is 340 g/mol. The van der Waals surface area contributed by atoms with Gasteiger partial charge in [-0.2, -0.15) is 0 Å². The van der Waals surface area contributed by atoms with E-state index in [0.29, 0.717) is 26.1 Å². The Morgan fingerprint density at radius 3 is 2.88 bits per heavy atom. The van der Waals surface area contributed by atoms with Crippen molar-refractivity contribution in [1.82, 2.24) is 15.2 Å². The Morgan fingerprint density at radius 1 is 1.08 bits per heavy atom. The fourth-order valence-corrected chi connectivity index (χ4v) is 2.99. The topological polar surface area (TPSA) is 74.3 Å². The molecule has 0 saturated carbocycles. The number of nitrogens with one attached hydrogen (secondary N) is 2. The van der Waals surface area contributed by atoms with Gasteiger partial charge in [0.1, 0.15) is 5.82 Å². The normalized spacial score (nSPS) is 15.0. The summed E-state index contributed by atoms with van der Waals surface area (Å²) in [4.78, 5) is 30.1. The first-order chi connectivity index (χ1) is 12.2. The van der Waals surface area contributed by atoms with Crippen LogP contribution in [0.1, 0.15) is 25.7 Å². The number of pyridine rings is 1. The Labute approximate surface area is 147 Å². The highest BCUT2D eigenvalue weighted by molar-refractivity contribution is 5.85. The van der Waals surface area contributed by atoms with Gasteiger partial charge in [-0.25, -0.2) is 4.98 Å². The lowest BCUT2D eigenvalue weighted by Gasteiger charge is -2.19. The molecule has 0 atom stereocenters. The molecule has 6 heteroatoms. The van der Waals surface area contributed by atoms with E-state index in [2.05, 4.69) is 15.6 Å². The second-order valence-electron chi connectivity index (χ2n) is 6.29. The van der Waals surface area contributed by atoms with E-state index >= 15 is 0 Å². The molecule has 1 aliphatic heterocycles. The van der Waals surface area contributed by atoms with Gasteiger partial charge in [-0.05, 0) is 31.0 Å². The lowest BCUT2D eigenvalue weighted by atomic mass is 10.2. The number of para-hydroxylation sites is 1. The predicted molar refractivity (Wildman–Crippen MR) is 98.3 cm³/mol. The first kappa shape index (κ1) is 17.2. The number of benzene rings is 1. The molecule has 132 valence electrons. The van der Waals surface area contributed by atoms with E-state index in [9.17, 15) is 9.59 Å². The molecule has 0 radical (unpaired) electrons. The van der Waals surface area contributed by atoms with Crippen LogP contribution in [0.25, 0.3) is 10.9 Å². The zero-order chi connectivity index (χ0) is 17.5. The van der Waals surface area contributed by atoms with E-state index in [1.807, 2.05) is 36.4 Å². The van der Waals surface area contributed by atoms with Gasteiger partial charge in [-0.3, -0.25) is 9.59 Å². The quantitative estimate of drug-likeness (QED) is 0.791. The van der Waals surface area contributed by atoms with Crippen molar-refractivity contribution >= 4 is 28.5 Å². The number of carbonyl (C=O) groups is 2. The minimum Gasteiger partial charge on any atom is -0.368 e. The van der Waals surface area contributed by atoms with Crippen LogP contribution in [-0.2, 0) is 9.59 Å². The zero-order valence-electron chi connectivity index (χ0n) is 14.3. The Morgan fingerprint density at radius 2 is 1.96 bits per heavy atom. The number of hydrogen-bond donors (Lipinski definition) is 2. The highest BCUT2D eigenvalue weighted by Gasteiger charge is 2.18. The average molecular weight is 340 g/mol. The number of likely N-dealkylation sites (tertiary alicyclic amines) is 1. The van der Waals surface area contributed by atoms with Crippen molar-refractivity contribution in [1.29, 1.82) is 0 Å². The number of nitrogens with zero attached hydrogens (tertiary/aromatic N) is 2. The third-order valence-corrected chi connectivity index (χ3v) is 4.36. The molecule has 0 aliphatic carbocycles. The van der Waals surface area contributed by atoms with Crippen LogP contribution in [-0.4, -0.2) is 47.9 Å². The molecule has 1 aromatic heterocycles. The van der Waals surface area contributed by atoms with Crippen molar-refractivity contribution in [2.24, 2.45) is 0 Å². The summed E-state index contributed by atoms with van der Waals surface area (Å²) in [5.41, 5.74) is 0.941. The van der Waals surface area contributed by atoms with Crippen LogP contribution in [0.15, 0.2) is 36.4 Å². The fourth-order valence-electron chi connectivity index (χ4n) is 2.99. The van der Waals surface area contributed by atoms with Gasteiger partial charge in [0.05, 0.1) is 12.1 Å². The maximum Gasteiger partial charge on any atom is 0.239 e. The summed E-state index contributed by atoms with van der Waals surface area (Å²) < 4.78 is 0. The summed E-state index contributed by atoms with van der Waals surface area (Å²) in [6, 6.07) is 11.9. The average Bonchev–Trinajstić information content (AvgIpc) is 2.83. The fraction of sp³-hybridized carbons (Fsp3) is 0.421. The van der Waals surface area contributed by atoms with Crippen molar-refractivity contribution in [3.05, 3.63) is 36.4 Å². The van der Waals surface area contributed by atoms with Crippen LogP contribution in [0.2, 0.25) is 0 Å². The summed E-state index contributed by atoms with van der Waals surface area (Å²) >= 11 is 0. The molecule has 2 N–H and O–H groups in total. The first-order valence-corrected chi connectivity index (χ1v) is 8.86.